The summed E-state index contributed by atoms with van der Waals surface area (Å²) < 4.78 is 5.25. The number of carbonyl (C=O) groups is 1. The molecule has 2 aromatic rings. The van der Waals surface area contributed by atoms with Gasteiger partial charge in [-0.2, -0.15) is 0 Å². The summed E-state index contributed by atoms with van der Waals surface area (Å²) in [4.78, 5) is 18.4. The van der Waals surface area contributed by atoms with Crippen molar-refractivity contribution >= 4 is 5.91 Å². The van der Waals surface area contributed by atoms with E-state index in [4.69, 9.17) is 4.42 Å². The number of nitrogens with zero attached hydrogens (tertiary/aromatic N) is 2. The number of hydrogen-bond donors (Lipinski definition) is 1. The number of amides is 1. The number of carbonyl (C=O) groups excluding carboxylic acids is 1. The summed E-state index contributed by atoms with van der Waals surface area (Å²) in [7, 11) is 0. The molecular weight excluding hydrogens is 280 g/mol. The molecule has 1 aromatic carbocycles. The Hall–Kier alpha value is -2.14. The highest BCUT2D eigenvalue weighted by Crippen LogP contribution is 2.44. The first-order valence-corrected chi connectivity index (χ1v) is 7.70. The molecule has 5 heteroatoms. The van der Waals surface area contributed by atoms with Crippen molar-refractivity contribution in [3.63, 3.8) is 0 Å². The van der Waals surface area contributed by atoms with Crippen molar-refractivity contribution in [2.24, 2.45) is 0 Å². The molecule has 1 saturated heterocycles. The number of aliphatic hydroxyl groups is 1. The first kappa shape index (κ1) is 13.5. The number of benzene rings is 1. The fourth-order valence-corrected chi connectivity index (χ4v) is 3.33. The smallest absolute Gasteiger partial charge is 0.254 e. The van der Waals surface area contributed by atoms with Gasteiger partial charge in [-0.3, -0.25) is 4.79 Å². The molecule has 4 rings (SSSR count). The predicted octanol–water partition coefficient (Wildman–Crippen LogP) is 2.47. The van der Waals surface area contributed by atoms with Crippen LogP contribution in [0.3, 0.4) is 0 Å². The molecule has 1 saturated carbocycles. The molecule has 1 aromatic heterocycles. The third-order valence-corrected chi connectivity index (χ3v) is 4.74. The highest BCUT2D eigenvalue weighted by molar-refractivity contribution is 5.95. The standard InChI is InChI=1S/C17H18N2O3/c20-16(19-9-1-2-15(19)17(21)7-8-17)13-5-3-12(4-6-13)14-10-18-11-22-14/h3-6,10-11,15,21H,1-2,7-9H2. The van der Waals surface area contributed by atoms with E-state index in [1.165, 1.54) is 6.39 Å². The van der Waals surface area contributed by atoms with Gasteiger partial charge < -0.3 is 14.4 Å². The number of hydrogen-bond acceptors (Lipinski definition) is 4. The molecule has 0 spiro atoms. The van der Waals surface area contributed by atoms with E-state index in [9.17, 15) is 9.90 Å². The number of likely N-dealkylation sites (tertiary alicyclic amines) is 1. The van der Waals surface area contributed by atoms with Crippen LogP contribution in [0.5, 0.6) is 0 Å². The van der Waals surface area contributed by atoms with E-state index in [0.29, 0.717) is 11.3 Å². The predicted molar refractivity (Wildman–Crippen MR) is 80.2 cm³/mol. The van der Waals surface area contributed by atoms with Crippen LogP contribution in [-0.2, 0) is 0 Å². The monoisotopic (exact) mass is 298 g/mol. The van der Waals surface area contributed by atoms with Crippen LogP contribution >= 0.6 is 0 Å². The third kappa shape index (κ3) is 2.22. The minimum absolute atomic E-state index is 0.00643. The van der Waals surface area contributed by atoms with Crippen molar-refractivity contribution in [2.45, 2.75) is 37.3 Å². The summed E-state index contributed by atoms with van der Waals surface area (Å²) in [6, 6.07) is 7.34. The van der Waals surface area contributed by atoms with Crippen molar-refractivity contribution in [1.82, 2.24) is 9.88 Å². The van der Waals surface area contributed by atoms with E-state index < -0.39 is 5.60 Å². The van der Waals surface area contributed by atoms with Crippen LogP contribution in [0.4, 0.5) is 0 Å². The molecule has 2 fully saturated rings. The first-order chi connectivity index (χ1) is 10.7. The molecule has 1 aliphatic carbocycles. The third-order valence-electron chi connectivity index (χ3n) is 4.74. The minimum atomic E-state index is -0.633. The van der Waals surface area contributed by atoms with E-state index in [-0.39, 0.29) is 11.9 Å². The van der Waals surface area contributed by atoms with Gasteiger partial charge >= 0.3 is 0 Å². The Morgan fingerprint density at radius 3 is 2.73 bits per heavy atom. The van der Waals surface area contributed by atoms with Crippen LogP contribution in [0.25, 0.3) is 11.3 Å². The molecule has 22 heavy (non-hydrogen) atoms. The molecule has 114 valence electrons. The van der Waals surface area contributed by atoms with Gasteiger partial charge in [0.05, 0.1) is 17.8 Å². The Bertz CT molecular complexity index is 674. The molecule has 2 heterocycles. The van der Waals surface area contributed by atoms with Crippen molar-refractivity contribution in [1.29, 1.82) is 0 Å². The van der Waals surface area contributed by atoms with Crippen molar-refractivity contribution in [2.75, 3.05) is 6.54 Å². The molecule has 5 nitrogen and oxygen atoms in total. The quantitative estimate of drug-likeness (QED) is 0.945. The van der Waals surface area contributed by atoms with Gasteiger partial charge in [0.25, 0.3) is 5.91 Å². The van der Waals surface area contributed by atoms with Gasteiger partial charge in [0.15, 0.2) is 12.2 Å². The van der Waals surface area contributed by atoms with E-state index in [1.807, 2.05) is 29.2 Å². The van der Waals surface area contributed by atoms with E-state index >= 15 is 0 Å². The second-order valence-corrected chi connectivity index (χ2v) is 6.20. The molecule has 1 N–H and O–H groups in total. The molecule has 1 amide bonds. The molecule has 1 unspecified atom stereocenters. The zero-order valence-corrected chi connectivity index (χ0v) is 12.2. The Morgan fingerprint density at radius 1 is 1.32 bits per heavy atom. The van der Waals surface area contributed by atoms with Crippen molar-refractivity contribution < 1.29 is 14.3 Å². The molecular formula is C17H18N2O3. The van der Waals surface area contributed by atoms with Crippen molar-refractivity contribution in [3.05, 3.63) is 42.4 Å². The Morgan fingerprint density at radius 2 is 2.09 bits per heavy atom. The van der Waals surface area contributed by atoms with Gasteiger partial charge in [-0.25, -0.2) is 4.98 Å². The van der Waals surface area contributed by atoms with Gasteiger partial charge in [0.2, 0.25) is 0 Å². The lowest BCUT2D eigenvalue weighted by atomic mass is 10.0. The first-order valence-electron chi connectivity index (χ1n) is 7.70. The van der Waals surface area contributed by atoms with Crippen LogP contribution in [0.1, 0.15) is 36.0 Å². The Balaban J connectivity index is 1.55. The average Bonchev–Trinajstić information content (AvgIpc) is 3.03. The van der Waals surface area contributed by atoms with Gasteiger partial charge in [0, 0.05) is 17.7 Å². The molecule has 0 radical (unpaired) electrons. The average molecular weight is 298 g/mol. The fourth-order valence-electron chi connectivity index (χ4n) is 3.33. The number of oxazole rings is 1. The molecule has 1 aliphatic heterocycles. The van der Waals surface area contributed by atoms with E-state index in [2.05, 4.69) is 4.98 Å². The maximum atomic E-state index is 12.7. The van der Waals surface area contributed by atoms with Crippen LogP contribution in [0.15, 0.2) is 41.3 Å². The largest absolute Gasteiger partial charge is 0.444 e. The lowest BCUT2D eigenvalue weighted by Gasteiger charge is -2.28. The maximum Gasteiger partial charge on any atom is 0.254 e. The Kier molecular flexibility index (Phi) is 3.04. The van der Waals surface area contributed by atoms with Crippen LogP contribution < -0.4 is 0 Å². The second-order valence-electron chi connectivity index (χ2n) is 6.20. The lowest BCUT2D eigenvalue weighted by molar-refractivity contribution is 0.0386. The maximum absolute atomic E-state index is 12.7. The fraction of sp³-hybridized carbons (Fsp3) is 0.412. The van der Waals surface area contributed by atoms with Crippen LogP contribution in [0.2, 0.25) is 0 Å². The zero-order valence-electron chi connectivity index (χ0n) is 12.2. The van der Waals surface area contributed by atoms with Crippen molar-refractivity contribution in [3.8, 4) is 11.3 Å². The van der Waals surface area contributed by atoms with Crippen LogP contribution in [-0.4, -0.2) is 39.1 Å². The molecule has 1 atom stereocenters. The Labute approximate surface area is 128 Å². The summed E-state index contributed by atoms with van der Waals surface area (Å²) >= 11 is 0. The highest BCUT2D eigenvalue weighted by atomic mass is 16.3. The van der Waals surface area contributed by atoms with Gasteiger partial charge in [-0.1, -0.05) is 12.1 Å². The van der Waals surface area contributed by atoms with Gasteiger partial charge in [-0.05, 0) is 37.8 Å². The lowest BCUT2D eigenvalue weighted by Crippen LogP contribution is -2.44. The highest BCUT2D eigenvalue weighted by Gasteiger charge is 2.52. The topological polar surface area (TPSA) is 66.6 Å². The summed E-state index contributed by atoms with van der Waals surface area (Å²) in [5.41, 5.74) is 0.915. The molecule has 2 aliphatic rings. The SMILES string of the molecule is O=C(c1ccc(-c2cnco2)cc1)N1CCCC1C1(O)CC1. The zero-order chi connectivity index (χ0) is 15.2. The summed E-state index contributed by atoms with van der Waals surface area (Å²) in [6.45, 7) is 0.732. The van der Waals surface area contributed by atoms with Gasteiger partial charge in [0.1, 0.15) is 0 Å². The minimum Gasteiger partial charge on any atom is -0.444 e. The number of aromatic nitrogens is 1. The second kappa shape index (κ2) is 4.95. The summed E-state index contributed by atoms with van der Waals surface area (Å²) in [5.74, 6) is 0.692. The summed E-state index contributed by atoms with van der Waals surface area (Å²) in [5, 5.41) is 10.4. The summed E-state index contributed by atoms with van der Waals surface area (Å²) in [6.07, 6.45) is 6.53. The van der Waals surface area contributed by atoms with Crippen LogP contribution in [0, 0.1) is 0 Å². The van der Waals surface area contributed by atoms with E-state index in [0.717, 1.165) is 37.8 Å². The normalized spacial score (nSPS) is 22.8. The van der Waals surface area contributed by atoms with E-state index in [1.54, 1.807) is 6.20 Å². The molecule has 0 bridgehead atoms. The van der Waals surface area contributed by atoms with Gasteiger partial charge in [-0.15, -0.1) is 0 Å². The number of rotatable bonds is 3.